The lowest BCUT2D eigenvalue weighted by atomic mass is 9.88. The molecule has 3 N–H and O–H groups in total. The SMILES string of the molecule is CCCC[C@@H]1CCN(C)C(=O)C(N)CCCNC1CCC. The second kappa shape index (κ2) is 10.2. The van der Waals surface area contributed by atoms with Crippen LogP contribution in [-0.2, 0) is 4.79 Å². The molecule has 4 heteroatoms. The minimum atomic E-state index is -0.325. The summed E-state index contributed by atoms with van der Waals surface area (Å²) < 4.78 is 0. The van der Waals surface area contributed by atoms with E-state index < -0.39 is 0 Å². The molecular weight excluding hydrogens is 262 g/mol. The molecule has 0 radical (unpaired) electrons. The van der Waals surface area contributed by atoms with Gasteiger partial charge in [-0.15, -0.1) is 0 Å². The molecule has 0 spiro atoms. The Morgan fingerprint density at radius 2 is 2.00 bits per heavy atom. The highest BCUT2D eigenvalue weighted by molar-refractivity contribution is 5.81. The van der Waals surface area contributed by atoms with Crippen molar-refractivity contribution >= 4 is 5.91 Å². The van der Waals surface area contributed by atoms with Crippen LogP contribution in [-0.4, -0.2) is 43.0 Å². The van der Waals surface area contributed by atoms with Crippen molar-refractivity contribution in [2.24, 2.45) is 11.7 Å². The average Bonchev–Trinajstić information content (AvgIpc) is 2.50. The third kappa shape index (κ3) is 6.35. The fraction of sp³-hybridized carbons (Fsp3) is 0.941. The van der Waals surface area contributed by atoms with Crippen molar-refractivity contribution in [3.05, 3.63) is 0 Å². The van der Waals surface area contributed by atoms with Gasteiger partial charge in [0.15, 0.2) is 0 Å². The number of nitrogens with zero attached hydrogens (tertiary/aromatic N) is 1. The summed E-state index contributed by atoms with van der Waals surface area (Å²) in [5.74, 6) is 0.785. The molecule has 1 rings (SSSR count). The highest BCUT2D eigenvalue weighted by Crippen LogP contribution is 2.22. The average molecular weight is 297 g/mol. The number of nitrogens with two attached hydrogens (primary N) is 1. The smallest absolute Gasteiger partial charge is 0.239 e. The van der Waals surface area contributed by atoms with Gasteiger partial charge in [0.25, 0.3) is 0 Å². The third-order valence-electron chi connectivity index (χ3n) is 4.72. The van der Waals surface area contributed by atoms with E-state index in [9.17, 15) is 4.79 Å². The zero-order valence-electron chi connectivity index (χ0n) is 14.2. The van der Waals surface area contributed by atoms with Gasteiger partial charge in [-0.2, -0.15) is 0 Å². The van der Waals surface area contributed by atoms with Crippen molar-refractivity contribution in [3.8, 4) is 0 Å². The van der Waals surface area contributed by atoms with E-state index in [1.54, 1.807) is 0 Å². The number of hydrogen-bond donors (Lipinski definition) is 2. The first-order valence-electron chi connectivity index (χ1n) is 8.84. The highest BCUT2D eigenvalue weighted by atomic mass is 16.2. The molecule has 0 aliphatic carbocycles. The standard InChI is InChI=1S/C17H35N3O/c1-4-6-9-14-11-13-20(3)17(21)15(18)10-7-12-19-16(14)8-5-2/h14-16,19H,4-13,18H2,1-3H3/t14-,15?,16?/m1/s1. The molecule has 1 saturated heterocycles. The van der Waals surface area contributed by atoms with Crippen LogP contribution < -0.4 is 11.1 Å². The van der Waals surface area contributed by atoms with Crippen LogP contribution in [0.2, 0.25) is 0 Å². The molecule has 0 saturated carbocycles. The normalized spacial score (nSPS) is 29.2. The van der Waals surface area contributed by atoms with Gasteiger partial charge in [-0.3, -0.25) is 4.79 Å². The van der Waals surface area contributed by atoms with Gasteiger partial charge in [-0.05, 0) is 44.6 Å². The Morgan fingerprint density at radius 1 is 1.24 bits per heavy atom. The lowest BCUT2D eigenvalue weighted by Gasteiger charge is -2.29. The van der Waals surface area contributed by atoms with Gasteiger partial charge >= 0.3 is 0 Å². The Bertz CT molecular complexity index is 296. The summed E-state index contributed by atoms with van der Waals surface area (Å²) in [6.07, 6.45) is 9.11. The Balaban J connectivity index is 2.72. The molecule has 0 bridgehead atoms. The molecule has 3 atom stereocenters. The van der Waals surface area contributed by atoms with Crippen molar-refractivity contribution in [3.63, 3.8) is 0 Å². The van der Waals surface area contributed by atoms with Gasteiger partial charge in [0, 0.05) is 19.6 Å². The monoisotopic (exact) mass is 297 g/mol. The number of carbonyl (C=O) groups excluding carboxylic acids is 1. The molecule has 1 amide bonds. The first kappa shape index (κ1) is 18.4. The maximum Gasteiger partial charge on any atom is 0.239 e. The fourth-order valence-corrected chi connectivity index (χ4v) is 3.31. The molecule has 0 aromatic carbocycles. The lowest BCUT2D eigenvalue weighted by molar-refractivity contribution is -0.131. The molecule has 1 aliphatic heterocycles. The summed E-state index contributed by atoms with van der Waals surface area (Å²) in [5.41, 5.74) is 6.00. The van der Waals surface area contributed by atoms with Crippen LogP contribution in [0, 0.1) is 5.92 Å². The molecule has 1 fully saturated rings. The predicted molar refractivity (Wildman–Crippen MR) is 89.2 cm³/mol. The molecule has 0 aromatic rings. The molecule has 4 nitrogen and oxygen atoms in total. The lowest BCUT2D eigenvalue weighted by Crippen LogP contribution is -2.42. The molecule has 2 unspecified atom stereocenters. The van der Waals surface area contributed by atoms with Gasteiger partial charge in [-0.25, -0.2) is 0 Å². The van der Waals surface area contributed by atoms with Gasteiger partial charge in [0.1, 0.15) is 0 Å². The van der Waals surface area contributed by atoms with E-state index in [2.05, 4.69) is 19.2 Å². The minimum Gasteiger partial charge on any atom is -0.344 e. The van der Waals surface area contributed by atoms with Gasteiger partial charge in [0.05, 0.1) is 6.04 Å². The molecular formula is C17H35N3O. The van der Waals surface area contributed by atoms with E-state index in [0.29, 0.717) is 12.0 Å². The third-order valence-corrected chi connectivity index (χ3v) is 4.72. The van der Waals surface area contributed by atoms with Gasteiger partial charge < -0.3 is 16.0 Å². The highest BCUT2D eigenvalue weighted by Gasteiger charge is 2.24. The van der Waals surface area contributed by atoms with Crippen LogP contribution in [0.5, 0.6) is 0 Å². The number of hydrogen-bond acceptors (Lipinski definition) is 3. The number of carbonyl (C=O) groups is 1. The summed E-state index contributed by atoms with van der Waals surface area (Å²) in [4.78, 5) is 14.0. The number of unbranched alkanes of at least 4 members (excludes halogenated alkanes) is 1. The van der Waals surface area contributed by atoms with E-state index in [0.717, 1.165) is 32.4 Å². The Kier molecular flexibility index (Phi) is 8.93. The van der Waals surface area contributed by atoms with E-state index in [1.807, 2.05) is 11.9 Å². The van der Waals surface area contributed by atoms with Gasteiger partial charge in [0.2, 0.25) is 5.91 Å². The van der Waals surface area contributed by atoms with E-state index in [-0.39, 0.29) is 11.9 Å². The summed E-state index contributed by atoms with van der Waals surface area (Å²) in [6, 6.07) is 0.271. The minimum absolute atomic E-state index is 0.109. The van der Waals surface area contributed by atoms with Crippen molar-refractivity contribution in [2.75, 3.05) is 20.1 Å². The summed E-state index contributed by atoms with van der Waals surface area (Å²) >= 11 is 0. The first-order chi connectivity index (χ1) is 10.1. The maximum atomic E-state index is 12.2. The molecule has 1 aliphatic rings. The van der Waals surface area contributed by atoms with Gasteiger partial charge in [-0.1, -0.05) is 33.1 Å². The van der Waals surface area contributed by atoms with E-state index in [1.165, 1.54) is 32.1 Å². The van der Waals surface area contributed by atoms with Crippen LogP contribution in [0.4, 0.5) is 0 Å². The topological polar surface area (TPSA) is 58.4 Å². The molecule has 124 valence electrons. The molecule has 1 heterocycles. The van der Waals surface area contributed by atoms with Crippen molar-refractivity contribution < 1.29 is 4.79 Å². The fourth-order valence-electron chi connectivity index (χ4n) is 3.31. The second-order valence-corrected chi connectivity index (χ2v) is 6.55. The number of amides is 1. The van der Waals surface area contributed by atoms with E-state index >= 15 is 0 Å². The van der Waals surface area contributed by atoms with Crippen LogP contribution in [0.1, 0.15) is 65.2 Å². The Hall–Kier alpha value is -0.610. The number of nitrogens with one attached hydrogen (secondary N) is 1. The summed E-state index contributed by atoms with van der Waals surface area (Å²) in [7, 11) is 1.90. The van der Waals surface area contributed by atoms with Crippen LogP contribution >= 0.6 is 0 Å². The summed E-state index contributed by atoms with van der Waals surface area (Å²) in [5, 5.41) is 3.74. The maximum absolute atomic E-state index is 12.2. The quantitative estimate of drug-likeness (QED) is 0.820. The molecule has 0 aromatic heterocycles. The van der Waals surface area contributed by atoms with Crippen LogP contribution in [0.3, 0.4) is 0 Å². The Morgan fingerprint density at radius 3 is 2.67 bits per heavy atom. The number of rotatable bonds is 5. The van der Waals surface area contributed by atoms with Crippen LogP contribution in [0.15, 0.2) is 0 Å². The molecule has 21 heavy (non-hydrogen) atoms. The second-order valence-electron chi connectivity index (χ2n) is 6.55. The zero-order valence-corrected chi connectivity index (χ0v) is 14.2. The number of likely N-dealkylation sites (N-methyl/N-ethyl adjacent to an activating group) is 1. The predicted octanol–water partition coefficient (Wildman–Crippen LogP) is 2.52. The summed E-state index contributed by atoms with van der Waals surface area (Å²) in [6.45, 7) is 6.33. The van der Waals surface area contributed by atoms with Crippen molar-refractivity contribution in [1.29, 1.82) is 0 Å². The van der Waals surface area contributed by atoms with Crippen molar-refractivity contribution in [1.82, 2.24) is 10.2 Å². The first-order valence-corrected chi connectivity index (χ1v) is 8.84. The van der Waals surface area contributed by atoms with Crippen molar-refractivity contribution in [2.45, 2.75) is 77.3 Å². The van der Waals surface area contributed by atoms with E-state index in [4.69, 9.17) is 5.73 Å². The van der Waals surface area contributed by atoms with Crippen LogP contribution in [0.25, 0.3) is 0 Å². The Labute approximate surface area is 130 Å². The zero-order chi connectivity index (χ0) is 15.7. The largest absolute Gasteiger partial charge is 0.344 e.